The second-order valence-electron chi connectivity index (χ2n) is 8.90. The lowest BCUT2D eigenvalue weighted by atomic mass is 9.82. The predicted octanol–water partition coefficient (Wildman–Crippen LogP) is 3.60. The molecule has 4 rings (SSSR count). The van der Waals surface area contributed by atoms with E-state index in [0.29, 0.717) is 5.56 Å². The van der Waals surface area contributed by atoms with Crippen LogP contribution in [0.25, 0.3) is 0 Å². The highest BCUT2D eigenvalue weighted by Gasteiger charge is 2.38. The van der Waals surface area contributed by atoms with Crippen LogP contribution in [0.2, 0.25) is 0 Å². The van der Waals surface area contributed by atoms with Crippen LogP contribution in [0.15, 0.2) is 36.5 Å². The third-order valence-corrected chi connectivity index (χ3v) is 6.30. The Bertz CT molecular complexity index is 837. The fourth-order valence-corrected chi connectivity index (χ4v) is 4.66. The van der Waals surface area contributed by atoms with E-state index in [-0.39, 0.29) is 24.1 Å². The van der Waals surface area contributed by atoms with Gasteiger partial charge in [0, 0.05) is 0 Å². The molecule has 28 heavy (non-hydrogen) atoms. The first-order valence-electron chi connectivity index (χ1n) is 10.3. The number of anilines is 1. The summed E-state index contributed by atoms with van der Waals surface area (Å²) >= 11 is 0. The number of carbonyl (C=O) groups is 1. The smallest absolute Gasteiger partial charge is 0.257 e. The first-order valence-corrected chi connectivity index (χ1v) is 10.3. The fraction of sp³-hybridized carbons (Fsp3) is 0.545. The Morgan fingerprint density at radius 3 is 2.64 bits per heavy atom. The number of fused-ring (bicyclic) bond motifs is 1. The van der Waals surface area contributed by atoms with Crippen molar-refractivity contribution >= 4 is 11.7 Å². The molecule has 6 nitrogen and oxygen atoms in total. The summed E-state index contributed by atoms with van der Waals surface area (Å²) in [6, 6.07) is 10.4. The summed E-state index contributed by atoms with van der Waals surface area (Å²) in [7, 11) is 0. The highest BCUT2D eigenvalue weighted by atomic mass is 16.3. The third-order valence-electron chi connectivity index (χ3n) is 6.30. The zero-order valence-corrected chi connectivity index (χ0v) is 16.7. The van der Waals surface area contributed by atoms with Crippen LogP contribution in [-0.2, 0) is 5.54 Å². The summed E-state index contributed by atoms with van der Waals surface area (Å²) in [6.07, 6.45) is 7.42. The van der Waals surface area contributed by atoms with Crippen molar-refractivity contribution in [3.8, 4) is 0 Å². The minimum Gasteiger partial charge on any atom is -0.394 e. The van der Waals surface area contributed by atoms with E-state index < -0.39 is 5.54 Å². The number of aliphatic hydroxyl groups is 1. The van der Waals surface area contributed by atoms with Crippen molar-refractivity contribution in [2.75, 3.05) is 11.9 Å². The molecule has 1 amide bonds. The summed E-state index contributed by atoms with van der Waals surface area (Å²) in [6.45, 7) is 4.28. The number of nitrogens with one attached hydrogen (secondary N) is 2. The van der Waals surface area contributed by atoms with Gasteiger partial charge in [0.25, 0.3) is 5.91 Å². The van der Waals surface area contributed by atoms with Crippen molar-refractivity contribution < 1.29 is 9.90 Å². The summed E-state index contributed by atoms with van der Waals surface area (Å²) in [4.78, 5) is 13.1. The van der Waals surface area contributed by atoms with Gasteiger partial charge in [0.15, 0.2) is 0 Å². The quantitative estimate of drug-likeness (QED) is 0.755. The third kappa shape index (κ3) is 3.41. The van der Waals surface area contributed by atoms with Gasteiger partial charge >= 0.3 is 0 Å². The van der Waals surface area contributed by atoms with E-state index in [1.54, 1.807) is 6.20 Å². The number of aliphatic hydroxyl groups excluding tert-OH is 1. The molecule has 150 valence electrons. The van der Waals surface area contributed by atoms with Crippen LogP contribution in [-0.4, -0.2) is 32.9 Å². The Kier molecular flexibility index (Phi) is 4.91. The number of nitrogens with zero attached hydrogens (tertiary/aromatic N) is 2. The maximum absolute atomic E-state index is 13.1. The molecular formula is C22H30N4O2. The van der Waals surface area contributed by atoms with Gasteiger partial charge in [-0.1, -0.05) is 49.6 Å². The predicted molar refractivity (Wildman–Crippen MR) is 109 cm³/mol. The molecule has 1 aliphatic carbocycles. The molecule has 3 N–H and O–H groups in total. The normalized spacial score (nSPS) is 22.8. The Balaban J connectivity index is 1.63. The average molecular weight is 383 g/mol. The van der Waals surface area contributed by atoms with Gasteiger partial charge in [0.1, 0.15) is 11.4 Å². The lowest BCUT2D eigenvalue weighted by Crippen LogP contribution is -2.52. The zero-order valence-electron chi connectivity index (χ0n) is 16.7. The largest absolute Gasteiger partial charge is 0.394 e. The van der Waals surface area contributed by atoms with Crippen molar-refractivity contribution in [1.29, 1.82) is 0 Å². The van der Waals surface area contributed by atoms with E-state index in [4.69, 9.17) is 0 Å². The summed E-state index contributed by atoms with van der Waals surface area (Å²) in [5.74, 6) is 0.598. The van der Waals surface area contributed by atoms with Crippen LogP contribution < -0.4 is 10.6 Å². The second kappa shape index (κ2) is 7.24. The van der Waals surface area contributed by atoms with Gasteiger partial charge in [-0.15, -0.1) is 0 Å². The maximum atomic E-state index is 13.1. The molecule has 0 spiro atoms. The van der Waals surface area contributed by atoms with Gasteiger partial charge in [0.2, 0.25) is 0 Å². The molecule has 2 aliphatic rings. The van der Waals surface area contributed by atoms with E-state index in [1.807, 2.05) is 22.9 Å². The van der Waals surface area contributed by atoms with Crippen LogP contribution in [0.1, 0.15) is 74.3 Å². The SMILES string of the molecule is CC1(C)CC(c2ccccc2)Nc2c(C(=O)NC3(CO)CCCCC3)cnn21. The van der Waals surface area contributed by atoms with Gasteiger partial charge in [-0.3, -0.25) is 4.79 Å². The molecule has 1 aliphatic heterocycles. The lowest BCUT2D eigenvalue weighted by molar-refractivity contribution is 0.0759. The topological polar surface area (TPSA) is 79.2 Å². The molecule has 0 bridgehead atoms. The average Bonchev–Trinajstić information content (AvgIpc) is 3.14. The van der Waals surface area contributed by atoms with E-state index in [1.165, 1.54) is 5.56 Å². The van der Waals surface area contributed by atoms with E-state index in [9.17, 15) is 9.90 Å². The molecule has 1 saturated carbocycles. The van der Waals surface area contributed by atoms with E-state index in [0.717, 1.165) is 44.3 Å². The molecule has 6 heteroatoms. The highest BCUT2D eigenvalue weighted by Crippen LogP contribution is 2.40. The van der Waals surface area contributed by atoms with Crippen molar-refractivity contribution in [2.24, 2.45) is 0 Å². The number of rotatable bonds is 4. The van der Waals surface area contributed by atoms with Crippen LogP contribution in [0.5, 0.6) is 0 Å². The van der Waals surface area contributed by atoms with Crippen molar-refractivity contribution in [3.63, 3.8) is 0 Å². The zero-order chi connectivity index (χ0) is 19.8. The number of aromatic nitrogens is 2. The molecular weight excluding hydrogens is 352 g/mol. The Morgan fingerprint density at radius 1 is 1.25 bits per heavy atom. The fourth-order valence-electron chi connectivity index (χ4n) is 4.66. The number of hydrogen-bond acceptors (Lipinski definition) is 4. The van der Waals surface area contributed by atoms with E-state index >= 15 is 0 Å². The molecule has 1 aromatic carbocycles. The molecule has 2 aromatic rings. The summed E-state index contributed by atoms with van der Waals surface area (Å²) in [5.41, 5.74) is 1.03. The van der Waals surface area contributed by atoms with Crippen LogP contribution in [0.3, 0.4) is 0 Å². The van der Waals surface area contributed by atoms with Crippen molar-refractivity contribution in [2.45, 2.75) is 69.5 Å². The van der Waals surface area contributed by atoms with Crippen LogP contribution in [0.4, 0.5) is 5.82 Å². The minimum absolute atomic E-state index is 0.0201. The van der Waals surface area contributed by atoms with Gasteiger partial charge in [0.05, 0.1) is 29.9 Å². The molecule has 0 saturated heterocycles. The van der Waals surface area contributed by atoms with Crippen LogP contribution >= 0.6 is 0 Å². The summed E-state index contributed by atoms with van der Waals surface area (Å²) in [5, 5.41) is 21.2. The standard InChI is InChI=1S/C22H30N4O2/c1-21(2)13-18(16-9-5-3-6-10-16)24-19-17(14-23-26(19)21)20(28)25-22(15-27)11-7-4-8-12-22/h3,5-6,9-10,14,18,24,27H,4,7-8,11-13,15H2,1-2H3,(H,25,28). The number of carbonyl (C=O) groups excluding carboxylic acids is 1. The van der Waals surface area contributed by atoms with Gasteiger partial charge in [-0.2, -0.15) is 5.10 Å². The molecule has 1 unspecified atom stereocenters. The number of hydrogen-bond donors (Lipinski definition) is 3. The minimum atomic E-state index is -0.507. The van der Waals surface area contributed by atoms with E-state index in [2.05, 4.69) is 41.7 Å². The number of amides is 1. The van der Waals surface area contributed by atoms with Gasteiger partial charge in [-0.05, 0) is 38.7 Å². The lowest BCUT2D eigenvalue weighted by Gasteiger charge is -2.39. The molecule has 2 heterocycles. The first-order chi connectivity index (χ1) is 13.4. The Labute approximate surface area is 166 Å². The van der Waals surface area contributed by atoms with Crippen molar-refractivity contribution in [3.05, 3.63) is 47.7 Å². The summed E-state index contributed by atoms with van der Waals surface area (Å²) < 4.78 is 1.92. The Hall–Kier alpha value is -2.34. The highest BCUT2D eigenvalue weighted by molar-refractivity contribution is 5.99. The molecule has 0 radical (unpaired) electrons. The molecule has 1 aromatic heterocycles. The monoisotopic (exact) mass is 382 g/mol. The maximum Gasteiger partial charge on any atom is 0.257 e. The second-order valence-corrected chi connectivity index (χ2v) is 8.90. The van der Waals surface area contributed by atoms with Gasteiger partial charge < -0.3 is 15.7 Å². The van der Waals surface area contributed by atoms with Crippen molar-refractivity contribution in [1.82, 2.24) is 15.1 Å². The van der Waals surface area contributed by atoms with Gasteiger partial charge in [-0.25, -0.2) is 4.68 Å². The Morgan fingerprint density at radius 2 is 1.96 bits per heavy atom. The van der Waals surface area contributed by atoms with Crippen LogP contribution in [0, 0.1) is 0 Å². The molecule has 1 fully saturated rings. The number of benzene rings is 1. The first kappa shape index (κ1) is 19.0. The molecule has 1 atom stereocenters.